The summed E-state index contributed by atoms with van der Waals surface area (Å²) in [6, 6.07) is 1.82. The van der Waals surface area contributed by atoms with Crippen LogP contribution in [0, 0.1) is 0 Å². The first kappa shape index (κ1) is 15.5. The van der Waals surface area contributed by atoms with Gasteiger partial charge in [-0.2, -0.15) is 0 Å². The first-order chi connectivity index (χ1) is 9.36. The van der Waals surface area contributed by atoms with Crippen molar-refractivity contribution < 1.29 is 4.74 Å². The van der Waals surface area contributed by atoms with Crippen LogP contribution < -0.4 is 4.90 Å². The maximum Gasteiger partial charge on any atom is 0.137 e. The van der Waals surface area contributed by atoms with Gasteiger partial charge in [0.2, 0.25) is 0 Å². The molecule has 1 aliphatic heterocycles. The van der Waals surface area contributed by atoms with E-state index >= 15 is 0 Å². The van der Waals surface area contributed by atoms with Gasteiger partial charge in [-0.1, -0.05) is 32.4 Å². The van der Waals surface area contributed by atoms with Crippen LogP contribution in [-0.4, -0.2) is 36.3 Å². The summed E-state index contributed by atoms with van der Waals surface area (Å²) in [5.41, 5.74) is -0.109. The van der Waals surface area contributed by atoms with E-state index in [2.05, 4.69) is 35.6 Å². The van der Waals surface area contributed by atoms with Crippen LogP contribution in [-0.2, 0) is 10.2 Å². The second-order valence-electron chi connectivity index (χ2n) is 6.49. The average Bonchev–Trinajstić information content (AvgIpc) is 2.38. The van der Waals surface area contributed by atoms with Crippen molar-refractivity contribution in [2.45, 2.75) is 51.6 Å². The minimum Gasteiger partial charge on any atom is -0.376 e. The quantitative estimate of drug-likeness (QED) is 0.801. The summed E-state index contributed by atoms with van der Waals surface area (Å²) in [6.07, 6.45) is 3.83. The molecule has 2 heterocycles. The lowest BCUT2D eigenvalue weighted by Crippen LogP contribution is -2.34. The molecule has 1 aromatic rings. The molecule has 1 aromatic heterocycles. The summed E-state index contributed by atoms with van der Waals surface area (Å²) in [4.78, 5) is 11.1. The van der Waals surface area contributed by atoms with Gasteiger partial charge in [-0.3, -0.25) is 0 Å². The van der Waals surface area contributed by atoms with E-state index in [1.807, 2.05) is 13.1 Å². The Kier molecular flexibility index (Phi) is 4.86. The molecule has 4 nitrogen and oxygen atoms in total. The van der Waals surface area contributed by atoms with E-state index in [1.165, 1.54) is 12.8 Å². The van der Waals surface area contributed by atoms with Crippen LogP contribution >= 0.6 is 11.6 Å². The van der Waals surface area contributed by atoms with Gasteiger partial charge in [-0.05, 0) is 19.3 Å². The summed E-state index contributed by atoms with van der Waals surface area (Å²) in [7, 11) is 2.03. The minimum atomic E-state index is -0.109. The molecule has 0 aromatic carbocycles. The van der Waals surface area contributed by atoms with E-state index in [1.54, 1.807) is 0 Å². The number of ether oxygens (including phenoxy) is 1. The Balaban J connectivity index is 2.12. The van der Waals surface area contributed by atoms with Crippen molar-refractivity contribution in [3.8, 4) is 0 Å². The fourth-order valence-corrected chi connectivity index (χ4v) is 2.46. The molecule has 0 aliphatic carbocycles. The first-order valence-corrected chi connectivity index (χ1v) is 7.62. The fraction of sp³-hybridized carbons (Fsp3) is 0.733. The molecule has 1 fully saturated rings. The number of hydrogen-bond donors (Lipinski definition) is 0. The smallest absolute Gasteiger partial charge is 0.137 e. The molecule has 0 amide bonds. The zero-order valence-corrected chi connectivity index (χ0v) is 13.6. The van der Waals surface area contributed by atoms with E-state index in [-0.39, 0.29) is 5.41 Å². The van der Waals surface area contributed by atoms with Gasteiger partial charge < -0.3 is 9.64 Å². The molecule has 20 heavy (non-hydrogen) atoms. The van der Waals surface area contributed by atoms with Crippen LogP contribution in [0.3, 0.4) is 0 Å². The molecule has 1 saturated heterocycles. The van der Waals surface area contributed by atoms with E-state index in [4.69, 9.17) is 16.3 Å². The summed E-state index contributed by atoms with van der Waals surface area (Å²) in [6.45, 7) is 7.99. The van der Waals surface area contributed by atoms with Gasteiger partial charge in [0.05, 0.1) is 6.10 Å². The monoisotopic (exact) mass is 297 g/mol. The molecule has 1 aliphatic rings. The number of nitrogens with zero attached hydrogens (tertiary/aromatic N) is 3. The number of rotatable bonds is 3. The average molecular weight is 298 g/mol. The van der Waals surface area contributed by atoms with Crippen LogP contribution in [0.1, 0.15) is 45.9 Å². The molecule has 0 spiro atoms. The third kappa shape index (κ3) is 4.06. The van der Waals surface area contributed by atoms with Gasteiger partial charge in [0.1, 0.15) is 16.8 Å². The standard InChI is InChI=1S/C15H24ClN3O/c1-15(2,3)14-17-12(16)9-13(18-14)19(4)10-11-7-5-6-8-20-11/h9,11H,5-8,10H2,1-4H3. The molecule has 112 valence electrons. The molecule has 0 saturated carbocycles. The maximum absolute atomic E-state index is 6.13. The van der Waals surface area contributed by atoms with Crippen LogP contribution in [0.25, 0.3) is 0 Å². The first-order valence-electron chi connectivity index (χ1n) is 7.24. The highest BCUT2D eigenvalue weighted by atomic mass is 35.5. The lowest BCUT2D eigenvalue weighted by atomic mass is 9.96. The Bertz CT molecular complexity index is 453. The maximum atomic E-state index is 6.13. The molecule has 0 radical (unpaired) electrons. The van der Waals surface area contributed by atoms with E-state index in [0.29, 0.717) is 11.3 Å². The van der Waals surface area contributed by atoms with Crippen LogP contribution in [0.15, 0.2) is 6.07 Å². The Morgan fingerprint density at radius 2 is 2.10 bits per heavy atom. The highest BCUT2D eigenvalue weighted by Gasteiger charge is 2.21. The third-order valence-electron chi connectivity index (χ3n) is 3.49. The van der Waals surface area contributed by atoms with Crippen molar-refractivity contribution in [3.05, 3.63) is 17.0 Å². The molecule has 2 rings (SSSR count). The molecule has 0 N–H and O–H groups in total. The fourth-order valence-electron chi connectivity index (χ4n) is 2.29. The van der Waals surface area contributed by atoms with E-state index < -0.39 is 0 Å². The van der Waals surface area contributed by atoms with Gasteiger partial charge in [-0.15, -0.1) is 0 Å². The predicted molar refractivity (Wildman–Crippen MR) is 82.6 cm³/mol. The summed E-state index contributed by atoms with van der Waals surface area (Å²) in [5, 5.41) is 0.497. The summed E-state index contributed by atoms with van der Waals surface area (Å²) in [5.74, 6) is 1.64. The van der Waals surface area contributed by atoms with Crippen molar-refractivity contribution in [2.24, 2.45) is 0 Å². The Hall–Kier alpha value is -0.870. The molecule has 1 unspecified atom stereocenters. The lowest BCUT2D eigenvalue weighted by Gasteiger charge is -2.28. The van der Waals surface area contributed by atoms with Crippen molar-refractivity contribution in [3.63, 3.8) is 0 Å². The molecule has 5 heteroatoms. The van der Waals surface area contributed by atoms with Crippen molar-refractivity contribution in [1.29, 1.82) is 0 Å². The van der Waals surface area contributed by atoms with Crippen LogP contribution in [0.5, 0.6) is 0 Å². The number of anilines is 1. The van der Waals surface area contributed by atoms with Gasteiger partial charge in [-0.25, -0.2) is 9.97 Å². The van der Waals surface area contributed by atoms with Gasteiger partial charge in [0, 0.05) is 31.7 Å². The van der Waals surface area contributed by atoms with Gasteiger partial charge in [0.15, 0.2) is 0 Å². The zero-order valence-electron chi connectivity index (χ0n) is 12.8. The third-order valence-corrected chi connectivity index (χ3v) is 3.69. The second-order valence-corrected chi connectivity index (χ2v) is 6.88. The van der Waals surface area contributed by atoms with E-state index in [9.17, 15) is 0 Å². The number of aromatic nitrogens is 2. The van der Waals surface area contributed by atoms with Crippen LogP contribution in [0.2, 0.25) is 5.15 Å². The predicted octanol–water partition coefficient (Wildman–Crippen LogP) is 3.43. The SMILES string of the molecule is CN(CC1CCCCO1)c1cc(Cl)nc(C(C)(C)C)n1. The second kappa shape index (κ2) is 6.27. The molecular weight excluding hydrogens is 274 g/mol. The Labute approximate surface area is 126 Å². The number of hydrogen-bond acceptors (Lipinski definition) is 4. The van der Waals surface area contributed by atoms with Crippen LogP contribution in [0.4, 0.5) is 5.82 Å². The molecular formula is C15H24ClN3O. The lowest BCUT2D eigenvalue weighted by molar-refractivity contribution is 0.0215. The van der Waals surface area contributed by atoms with Crippen molar-refractivity contribution >= 4 is 17.4 Å². The molecule has 1 atom stereocenters. The summed E-state index contributed by atoms with van der Waals surface area (Å²) >= 11 is 6.13. The Morgan fingerprint density at radius 3 is 2.70 bits per heavy atom. The normalized spacial score (nSPS) is 19.9. The topological polar surface area (TPSA) is 38.2 Å². The molecule has 0 bridgehead atoms. The van der Waals surface area contributed by atoms with Crippen molar-refractivity contribution in [1.82, 2.24) is 9.97 Å². The highest BCUT2D eigenvalue weighted by Crippen LogP contribution is 2.24. The van der Waals surface area contributed by atoms with E-state index in [0.717, 1.165) is 31.2 Å². The minimum absolute atomic E-state index is 0.109. The largest absolute Gasteiger partial charge is 0.376 e. The number of halogens is 1. The highest BCUT2D eigenvalue weighted by molar-refractivity contribution is 6.29. The van der Waals surface area contributed by atoms with Gasteiger partial charge in [0.25, 0.3) is 0 Å². The summed E-state index contributed by atoms with van der Waals surface area (Å²) < 4.78 is 5.78. The zero-order chi connectivity index (χ0) is 14.8. The van der Waals surface area contributed by atoms with Crippen molar-refractivity contribution in [2.75, 3.05) is 25.1 Å². The van der Waals surface area contributed by atoms with Gasteiger partial charge >= 0.3 is 0 Å². The Morgan fingerprint density at radius 1 is 1.35 bits per heavy atom. The number of likely N-dealkylation sites (N-methyl/N-ethyl adjacent to an activating group) is 1.